The standard InChI is InChI=1S/C16H16ClN3O/c1-21-13-4-2-12(3-5-13)11-20-15-7-9-18-10-14(15)19-16(20)6-8-17/h2-5,7,9-10H,6,8,11H2,1H3. The molecule has 0 atom stereocenters. The maximum atomic E-state index is 5.89. The van der Waals surface area contributed by atoms with Crippen LogP contribution in [-0.4, -0.2) is 27.5 Å². The van der Waals surface area contributed by atoms with Gasteiger partial charge in [0.2, 0.25) is 0 Å². The molecular formula is C16H16ClN3O. The molecule has 0 aliphatic carbocycles. The number of methoxy groups -OCH3 is 1. The fourth-order valence-corrected chi connectivity index (χ4v) is 2.57. The van der Waals surface area contributed by atoms with Crippen molar-refractivity contribution in [2.24, 2.45) is 0 Å². The summed E-state index contributed by atoms with van der Waals surface area (Å²) in [5, 5.41) is 0. The quantitative estimate of drug-likeness (QED) is 0.679. The maximum absolute atomic E-state index is 5.89. The zero-order valence-electron chi connectivity index (χ0n) is 11.8. The molecule has 0 aliphatic rings. The second-order valence-electron chi connectivity index (χ2n) is 4.77. The molecular weight excluding hydrogens is 286 g/mol. The monoisotopic (exact) mass is 301 g/mol. The number of benzene rings is 1. The molecule has 0 unspecified atom stereocenters. The van der Waals surface area contributed by atoms with Gasteiger partial charge >= 0.3 is 0 Å². The van der Waals surface area contributed by atoms with Crippen LogP contribution in [0.3, 0.4) is 0 Å². The van der Waals surface area contributed by atoms with Crippen LogP contribution in [0.1, 0.15) is 11.4 Å². The van der Waals surface area contributed by atoms with Crippen LogP contribution in [0, 0.1) is 0 Å². The summed E-state index contributed by atoms with van der Waals surface area (Å²) in [5.41, 5.74) is 3.19. The molecule has 21 heavy (non-hydrogen) atoms. The van der Waals surface area contributed by atoms with Gasteiger partial charge in [0.15, 0.2) is 0 Å². The highest BCUT2D eigenvalue weighted by molar-refractivity contribution is 6.17. The van der Waals surface area contributed by atoms with Crippen molar-refractivity contribution in [1.82, 2.24) is 14.5 Å². The number of fused-ring (bicyclic) bond motifs is 1. The molecule has 0 bridgehead atoms. The van der Waals surface area contributed by atoms with Gasteiger partial charge in [-0.25, -0.2) is 4.98 Å². The molecule has 0 N–H and O–H groups in total. The van der Waals surface area contributed by atoms with E-state index in [9.17, 15) is 0 Å². The molecule has 2 aromatic heterocycles. The van der Waals surface area contributed by atoms with Crippen molar-refractivity contribution in [3.05, 3.63) is 54.1 Å². The second kappa shape index (κ2) is 6.14. The van der Waals surface area contributed by atoms with E-state index in [1.165, 1.54) is 5.56 Å². The minimum Gasteiger partial charge on any atom is -0.497 e. The number of aromatic nitrogens is 3. The zero-order valence-corrected chi connectivity index (χ0v) is 12.5. The molecule has 4 nitrogen and oxygen atoms in total. The van der Waals surface area contributed by atoms with E-state index in [4.69, 9.17) is 16.3 Å². The number of hydrogen-bond donors (Lipinski definition) is 0. The number of halogens is 1. The molecule has 5 heteroatoms. The summed E-state index contributed by atoms with van der Waals surface area (Å²) >= 11 is 5.89. The van der Waals surface area contributed by atoms with Crippen LogP contribution in [0.15, 0.2) is 42.7 Å². The average Bonchev–Trinajstić information content (AvgIpc) is 2.86. The van der Waals surface area contributed by atoms with E-state index in [0.717, 1.165) is 35.6 Å². The molecule has 108 valence electrons. The molecule has 0 saturated carbocycles. The van der Waals surface area contributed by atoms with Crippen LogP contribution in [0.5, 0.6) is 5.75 Å². The SMILES string of the molecule is COc1ccc(Cn2c(CCCl)nc3cnccc32)cc1. The Bertz CT molecular complexity index is 737. The van der Waals surface area contributed by atoms with Gasteiger partial charge in [0.1, 0.15) is 17.1 Å². The van der Waals surface area contributed by atoms with E-state index < -0.39 is 0 Å². The molecule has 0 amide bonds. The summed E-state index contributed by atoms with van der Waals surface area (Å²) in [7, 11) is 1.67. The number of hydrogen-bond acceptors (Lipinski definition) is 3. The Morgan fingerprint density at radius 3 is 2.71 bits per heavy atom. The van der Waals surface area contributed by atoms with Crippen LogP contribution in [-0.2, 0) is 13.0 Å². The third kappa shape index (κ3) is 2.85. The summed E-state index contributed by atoms with van der Waals surface area (Å²) < 4.78 is 7.39. The van der Waals surface area contributed by atoms with E-state index in [1.54, 1.807) is 19.5 Å². The molecule has 3 aromatic rings. The second-order valence-corrected chi connectivity index (χ2v) is 5.14. The van der Waals surface area contributed by atoms with Crippen molar-refractivity contribution < 1.29 is 4.74 Å². The Hall–Kier alpha value is -2.07. The topological polar surface area (TPSA) is 39.9 Å². The number of ether oxygens (including phenoxy) is 1. The Morgan fingerprint density at radius 2 is 2.00 bits per heavy atom. The third-order valence-corrected chi connectivity index (χ3v) is 3.64. The van der Waals surface area contributed by atoms with E-state index in [1.807, 2.05) is 18.2 Å². The van der Waals surface area contributed by atoms with Gasteiger partial charge < -0.3 is 9.30 Å². The lowest BCUT2D eigenvalue weighted by molar-refractivity contribution is 0.414. The van der Waals surface area contributed by atoms with Gasteiger partial charge in [-0.3, -0.25) is 4.98 Å². The number of nitrogens with zero attached hydrogens (tertiary/aromatic N) is 3. The van der Waals surface area contributed by atoms with Gasteiger partial charge in [0, 0.05) is 25.0 Å². The highest BCUT2D eigenvalue weighted by Gasteiger charge is 2.10. The summed E-state index contributed by atoms with van der Waals surface area (Å²) in [4.78, 5) is 8.76. The van der Waals surface area contributed by atoms with E-state index >= 15 is 0 Å². The summed E-state index contributed by atoms with van der Waals surface area (Å²) in [6.07, 6.45) is 4.32. The number of imidazole rings is 1. The number of pyridine rings is 1. The van der Waals surface area contributed by atoms with E-state index in [0.29, 0.717) is 5.88 Å². The van der Waals surface area contributed by atoms with Crippen molar-refractivity contribution in [1.29, 1.82) is 0 Å². The van der Waals surface area contributed by atoms with E-state index in [-0.39, 0.29) is 0 Å². The lowest BCUT2D eigenvalue weighted by Crippen LogP contribution is -2.06. The number of alkyl halides is 1. The first-order valence-corrected chi connectivity index (χ1v) is 7.33. The molecule has 1 aromatic carbocycles. The van der Waals surface area contributed by atoms with Gasteiger partial charge in [-0.05, 0) is 23.8 Å². The van der Waals surface area contributed by atoms with Crippen molar-refractivity contribution in [2.75, 3.05) is 13.0 Å². The van der Waals surface area contributed by atoms with Gasteiger partial charge in [0.25, 0.3) is 0 Å². The number of rotatable bonds is 5. The lowest BCUT2D eigenvalue weighted by atomic mass is 10.2. The van der Waals surface area contributed by atoms with Gasteiger partial charge in [0.05, 0.1) is 18.8 Å². The molecule has 0 fully saturated rings. The van der Waals surface area contributed by atoms with Crippen LogP contribution in [0.2, 0.25) is 0 Å². The van der Waals surface area contributed by atoms with Crippen molar-refractivity contribution in [3.63, 3.8) is 0 Å². The Morgan fingerprint density at radius 1 is 1.19 bits per heavy atom. The number of aryl methyl sites for hydroxylation is 1. The highest BCUT2D eigenvalue weighted by atomic mass is 35.5. The lowest BCUT2D eigenvalue weighted by Gasteiger charge is -2.09. The summed E-state index contributed by atoms with van der Waals surface area (Å²) in [6.45, 7) is 0.761. The van der Waals surface area contributed by atoms with Crippen molar-refractivity contribution in [3.8, 4) is 5.75 Å². The Labute approximate surface area is 128 Å². The largest absolute Gasteiger partial charge is 0.497 e. The van der Waals surface area contributed by atoms with Crippen LogP contribution in [0.25, 0.3) is 11.0 Å². The fourth-order valence-electron chi connectivity index (χ4n) is 2.40. The molecule has 0 saturated heterocycles. The molecule has 2 heterocycles. The highest BCUT2D eigenvalue weighted by Crippen LogP contribution is 2.19. The third-order valence-electron chi connectivity index (χ3n) is 3.45. The smallest absolute Gasteiger partial charge is 0.118 e. The van der Waals surface area contributed by atoms with Gasteiger partial charge in [-0.2, -0.15) is 0 Å². The Balaban J connectivity index is 1.99. The zero-order chi connectivity index (χ0) is 14.7. The first kappa shape index (κ1) is 13.9. The van der Waals surface area contributed by atoms with Crippen LogP contribution in [0.4, 0.5) is 0 Å². The van der Waals surface area contributed by atoms with Crippen molar-refractivity contribution >= 4 is 22.6 Å². The van der Waals surface area contributed by atoms with Crippen LogP contribution >= 0.6 is 11.6 Å². The summed E-state index contributed by atoms with van der Waals surface area (Å²) in [6, 6.07) is 10.1. The molecule has 3 rings (SSSR count). The molecule has 0 aliphatic heterocycles. The maximum Gasteiger partial charge on any atom is 0.118 e. The van der Waals surface area contributed by atoms with Crippen molar-refractivity contribution in [2.45, 2.75) is 13.0 Å². The fraction of sp³-hybridized carbons (Fsp3) is 0.250. The minimum absolute atomic E-state index is 0.555. The predicted molar refractivity (Wildman–Crippen MR) is 84.0 cm³/mol. The average molecular weight is 302 g/mol. The molecule has 0 radical (unpaired) electrons. The summed E-state index contributed by atoms with van der Waals surface area (Å²) in [5.74, 6) is 2.41. The Kier molecular flexibility index (Phi) is 4.06. The minimum atomic E-state index is 0.555. The predicted octanol–water partition coefficient (Wildman–Crippen LogP) is 3.27. The molecule has 0 spiro atoms. The first-order valence-electron chi connectivity index (χ1n) is 6.80. The van der Waals surface area contributed by atoms with Gasteiger partial charge in [-0.1, -0.05) is 12.1 Å². The van der Waals surface area contributed by atoms with Gasteiger partial charge in [-0.15, -0.1) is 11.6 Å². The van der Waals surface area contributed by atoms with E-state index in [2.05, 4.69) is 26.7 Å². The normalized spacial score (nSPS) is 11.0. The first-order chi connectivity index (χ1) is 10.3. The van der Waals surface area contributed by atoms with Crippen LogP contribution < -0.4 is 4.74 Å².